The van der Waals surface area contributed by atoms with Crippen LogP contribution < -0.4 is 0 Å². The smallest absolute Gasteiger partial charge is 0.147 e. The second kappa shape index (κ2) is 5.80. The fraction of sp³-hybridized carbons (Fsp3) is 1.00. The molecule has 0 bridgehead atoms. The molecule has 1 unspecified atom stereocenters. The van der Waals surface area contributed by atoms with Gasteiger partial charge in [0.15, 0.2) is 0 Å². The molecule has 0 saturated carbocycles. The van der Waals surface area contributed by atoms with Crippen LogP contribution in [0.15, 0.2) is 0 Å². The number of ether oxygens (including phenoxy) is 2. The van der Waals surface area contributed by atoms with Gasteiger partial charge in [0.25, 0.3) is 0 Å². The molecule has 1 fully saturated rings. The first-order valence-electron chi connectivity index (χ1n) is 5.65. The van der Waals surface area contributed by atoms with Gasteiger partial charge in [-0.1, -0.05) is 6.92 Å². The van der Waals surface area contributed by atoms with Gasteiger partial charge in [0, 0.05) is 13.1 Å². The predicted octanol–water partition coefficient (Wildman–Crippen LogP) is 0.842. The van der Waals surface area contributed by atoms with Crippen molar-refractivity contribution < 1.29 is 14.6 Å². The van der Waals surface area contributed by atoms with E-state index in [2.05, 4.69) is 11.8 Å². The molecular formula is C11H23NO3. The molecule has 1 aliphatic heterocycles. The molecule has 4 heteroatoms. The normalized spacial score (nSPS) is 23.4. The van der Waals surface area contributed by atoms with Crippen LogP contribution in [-0.4, -0.2) is 54.7 Å². The van der Waals surface area contributed by atoms with Crippen molar-refractivity contribution in [2.45, 2.75) is 38.9 Å². The third kappa shape index (κ3) is 5.47. The van der Waals surface area contributed by atoms with E-state index in [4.69, 9.17) is 9.47 Å². The van der Waals surface area contributed by atoms with Crippen molar-refractivity contribution in [3.05, 3.63) is 0 Å². The van der Waals surface area contributed by atoms with Crippen molar-refractivity contribution in [3.8, 4) is 0 Å². The molecule has 0 aliphatic carbocycles. The van der Waals surface area contributed by atoms with Crippen molar-refractivity contribution >= 4 is 0 Å². The minimum Gasteiger partial charge on any atom is -0.389 e. The fourth-order valence-corrected chi connectivity index (χ4v) is 1.79. The fourth-order valence-electron chi connectivity index (χ4n) is 1.79. The minimum atomic E-state index is -0.638. The summed E-state index contributed by atoms with van der Waals surface area (Å²) in [5, 5.41) is 9.74. The second-order valence-electron chi connectivity index (χ2n) is 4.74. The summed E-state index contributed by atoms with van der Waals surface area (Å²) in [5.74, 6) is 0. The highest BCUT2D eigenvalue weighted by Gasteiger charge is 2.21. The van der Waals surface area contributed by atoms with Crippen molar-refractivity contribution in [2.24, 2.45) is 0 Å². The average Bonchev–Trinajstić information content (AvgIpc) is 2.16. The number of aliphatic hydroxyl groups is 1. The number of hydrogen-bond donors (Lipinski definition) is 1. The van der Waals surface area contributed by atoms with Crippen molar-refractivity contribution in [2.75, 3.05) is 33.0 Å². The number of likely N-dealkylation sites (N-methyl/N-ethyl adjacent to an activating group) is 1. The van der Waals surface area contributed by atoms with Gasteiger partial charge in [-0.15, -0.1) is 0 Å². The Morgan fingerprint density at radius 1 is 1.47 bits per heavy atom. The summed E-state index contributed by atoms with van der Waals surface area (Å²) in [6, 6.07) is 0. The summed E-state index contributed by atoms with van der Waals surface area (Å²) in [5.41, 5.74) is -0.638. The molecule has 1 N–H and O–H groups in total. The highest BCUT2D eigenvalue weighted by molar-refractivity contribution is 4.74. The summed E-state index contributed by atoms with van der Waals surface area (Å²) in [6.07, 6.45) is 1.20. The summed E-state index contributed by atoms with van der Waals surface area (Å²) < 4.78 is 10.6. The maximum Gasteiger partial charge on any atom is 0.147 e. The summed E-state index contributed by atoms with van der Waals surface area (Å²) in [4.78, 5) is 2.22. The lowest BCUT2D eigenvalue weighted by Crippen LogP contribution is -2.44. The van der Waals surface area contributed by atoms with Crippen LogP contribution in [0.3, 0.4) is 0 Å². The summed E-state index contributed by atoms with van der Waals surface area (Å²) >= 11 is 0. The molecule has 1 rings (SSSR count). The van der Waals surface area contributed by atoms with Crippen LogP contribution in [0.1, 0.15) is 27.2 Å². The van der Waals surface area contributed by atoms with Crippen LogP contribution >= 0.6 is 0 Å². The monoisotopic (exact) mass is 217 g/mol. The first-order chi connectivity index (χ1) is 7.01. The van der Waals surface area contributed by atoms with Crippen LogP contribution in [-0.2, 0) is 9.47 Å². The zero-order chi connectivity index (χ0) is 11.3. The van der Waals surface area contributed by atoms with Crippen LogP contribution in [0, 0.1) is 0 Å². The maximum absolute atomic E-state index is 9.74. The highest BCUT2D eigenvalue weighted by Crippen LogP contribution is 2.11. The van der Waals surface area contributed by atoms with Gasteiger partial charge in [0.2, 0.25) is 0 Å². The van der Waals surface area contributed by atoms with E-state index in [1.165, 1.54) is 0 Å². The lowest BCUT2D eigenvalue weighted by atomic mass is 10.1. The summed E-state index contributed by atoms with van der Waals surface area (Å²) in [7, 11) is 0. The van der Waals surface area contributed by atoms with Crippen LogP contribution in [0.25, 0.3) is 0 Å². The van der Waals surface area contributed by atoms with Crippen LogP contribution in [0.4, 0.5) is 0 Å². The van der Waals surface area contributed by atoms with Gasteiger partial charge in [0.05, 0.1) is 18.3 Å². The molecule has 4 nitrogen and oxygen atoms in total. The zero-order valence-corrected chi connectivity index (χ0v) is 10.0. The largest absolute Gasteiger partial charge is 0.389 e. The Morgan fingerprint density at radius 2 is 2.20 bits per heavy atom. The van der Waals surface area contributed by atoms with Gasteiger partial charge < -0.3 is 14.6 Å². The van der Waals surface area contributed by atoms with E-state index in [0.29, 0.717) is 13.3 Å². The van der Waals surface area contributed by atoms with Crippen LogP contribution in [0.5, 0.6) is 0 Å². The van der Waals surface area contributed by atoms with Gasteiger partial charge in [-0.3, -0.25) is 4.90 Å². The van der Waals surface area contributed by atoms with E-state index in [0.717, 1.165) is 26.1 Å². The Hall–Kier alpha value is -0.160. The molecule has 0 aromatic carbocycles. The topological polar surface area (TPSA) is 41.9 Å². The van der Waals surface area contributed by atoms with E-state index in [1.54, 1.807) is 0 Å². The van der Waals surface area contributed by atoms with Gasteiger partial charge >= 0.3 is 0 Å². The van der Waals surface area contributed by atoms with E-state index in [9.17, 15) is 5.11 Å². The molecule has 0 radical (unpaired) electrons. The Morgan fingerprint density at radius 3 is 2.67 bits per heavy atom. The van der Waals surface area contributed by atoms with E-state index >= 15 is 0 Å². The first-order valence-corrected chi connectivity index (χ1v) is 5.65. The standard InChI is InChI=1S/C11H23NO3/c1-4-12(8-11(2,3)13)7-10-5-6-14-9-15-10/h10,13H,4-9H2,1-3H3. The Kier molecular flexibility index (Phi) is 4.99. The SMILES string of the molecule is CCN(CC1CCOCO1)CC(C)(C)O. The lowest BCUT2D eigenvalue weighted by molar-refractivity contribution is -0.146. The molecule has 1 aliphatic rings. The highest BCUT2D eigenvalue weighted by atomic mass is 16.7. The summed E-state index contributed by atoms with van der Waals surface area (Å²) in [6.45, 7) is 9.46. The van der Waals surface area contributed by atoms with Crippen molar-refractivity contribution in [1.29, 1.82) is 0 Å². The van der Waals surface area contributed by atoms with Crippen molar-refractivity contribution in [1.82, 2.24) is 4.90 Å². The Bertz CT molecular complexity index is 173. The molecule has 0 amide bonds. The molecule has 1 heterocycles. The average molecular weight is 217 g/mol. The number of hydrogen-bond acceptors (Lipinski definition) is 4. The van der Waals surface area contributed by atoms with Crippen molar-refractivity contribution in [3.63, 3.8) is 0 Å². The Labute approximate surface area is 92.2 Å². The van der Waals surface area contributed by atoms with Gasteiger partial charge in [-0.25, -0.2) is 0 Å². The third-order valence-corrected chi connectivity index (χ3v) is 2.49. The first kappa shape index (κ1) is 12.9. The van der Waals surface area contributed by atoms with E-state index in [-0.39, 0.29) is 6.10 Å². The lowest BCUT2D eigenvalue weighted by Gasteiger charge is -2.32. The Balaban J connectivity index is 2.31. The maximum atomic E-state index is 9.74. The molecule has 0 aromatic heterocycles. The number of nitrogens with zero attached hydrogens (tertiary/aromatic N) is 1. The molecule has 90 valence electrons. The molecule has 15 heavy (non-hydrogen) atoms. The number of rotatable bonds is 5. The second-order valence-corrected chi connectivity index (χ2v) is 4.74. The molecule has 0 spiro atoms. The third-order valence-electron chi connectivity index (χ3n) is 2.49. The molecule has 1 atom stereocenters. The molecule has 0 aromatic rings. The molecule has 1 saturated heterocycles. The quantitative estimate of drug-likeness (QED) is 0.741. The predicted molar refractivity (Wildman–Crippen MR) is 58.7 cm³/mol. The molecular weight excluding hydrogens is 194 g/mol. The van der Waals surface area contributed by atoms with E-state index in [1.807, 2.05) is 13.8 Å². The van der Waals surface area contributed by atoms with Gasteiger partial charge in [0.1, 0.15) is 6.79 Å². The van der Waals surface area contributed by atoms with Gasteiger partial charge in [-0.05, 0) is 26.8 Å². The van der Waals surface area contributed by atoms with Gasteiger partial charge in [-0.2, -0.15) is 0 Å². The minimum absolute atomic E-state index is 0.251. The van der Waals surface area contributed by atoms with E-state index < -0.39 is 5.60 Å². The zero-order valence-electron chi connectivity index (χ0n) is 10.0. The van der Waals surface area contributed by atoms with Crippen LogP contribution in [0.2, 0.25) is 0 Å².